The Bertz CT molecular complexity index is 402. The molecule has 94 valence electrons. The summed E-state index contributed by atoms with van der Waals surface area (Å²) in [5.41, 5.74) is 1.31. The van der Waals surface area contributed by atoms with Crippen LogP contribution in [0.3, 0.4) is 0 Å². The zero-order valence-electron chi connectivity index (χ0n) is 9.67. The van der Waals surface area contributed by atoms with E-state index in [1.165, 1.54) is 5.56 Å². The molecule has 1 N–H and O–H groups in total. The summed E-state index contributed by atoms with van der Waals surface area (Å²) in [4.78, 5) is 0. The van der Waals surface area contributed by atoms with Crippen LogP contribution in [0.15, 0.2) is 18.2 Å². The lowest BCUT2D eigenvalue weighted by Gasteiger charge is -2.41. The number of hydrogen-bond donors (Lipinski definition) is 1. The van der Waals surface area contributed by atoms with Crippen LogP contribution in [0.25, 0.3) is 0 Å². The standard InChI is InChI=1S/C13H16ClNO.ClH/c14-11-3-1-2-10-4-5-13(16-12(10)11)6-8-15-9-7-13;/h1-3,15H,4-9H2;1H. The minimum Gasteiger partial charge on any atom is -0.485 e. The summed E-state index contributed by atoms with van der Waals surface area (Å²) >= 11 is 6.20. The quantitative estimate of drug-likeness (QED) is 0.784. The van der Waals surface area contributed by atoms with Crippen molar-refractivity contribution < 1.29 is 4.74 Å². The molecule has 2 aliphatic rings. The first-order valence-electron chi connectivity index (χ1n) is 5.96. The van der Waals surface area contributed by atoms with Gasteiger partial charge in [0.2, 0.25) is 0 Å². The molecule has 1 spiro atoms. The predicted octanol–water partition coefficient (Wildman–Crippen LogP) is 3.21. The molecule has 1 aromatic carbocycles. The fourth-order valence-electron chi connectivity index (χ4n) is 2.73. The highest BCUT2D eigenvalue weighted by Gasteiger charge is 2.37. The van der Waals surface area contributed by atoms with Gasteiger partial charge in [0.25, 0.3) is 0 Å². The van der Waals surface area contributed by atoms with Crippen LogP contribution in [0, 0.1) is 0 Å². The number of piperidine rings is 1. The Hall–Kier alpha value is -0.440. The normalized spacial score (nSPS) is 21.2. The van der Waals surface area contributed by atoms with Crippen LogP contribution in [0.5, 0.6) is 5.75 Å². The third-order valence-electron chi connectivity index (χ3n) is 3.73. The summed E-state index contributed by atoms with van der Waals surface area (Å²) in [6, 6.07) is 6.04. The van der Waals surface area contributed by atoms with Crippen LogP contribution < -0.4 is 10.1 Å². The first kappa shape index (κ1) is 13.0. The molecular formula is C13H17Cl2NO. The van der Waals surface area contributed by atoms with Crippen molar-refractivity contribution in [2.75, 3.05) is 13.1 Å². The molecule has 1 aromatic rings. The molecule has 3 rings (SSSR count). The van der Waals surface area contributed by atoms with Gasteiger partial charge < -0.3 is 10.1 Å². The highest BCUT2D eigenvalue weighted by Crippen LogP contribution is 2.41. The van der Waals surface area contributed by atoms with E-state index in [2.05, 4.69) is 11.4 Å². The Balaban J connectivity index is 0.00000108. The lowest BCUT2D eigenvalue weighted by Crippen LogP contribution is -2.48. The lowest BCUT2D eigenvalue weighted by atomic mass is 9.84. The van der Waals surface area contributed by atoms with Gasteiger partial charge in [-0.2, -0.15) is 0 Å². The first-order valence-corrected chi connectivity index (χ1v) is 6.34. The van der Waals surface area contributed by atoms with Gasteiger partial charge in [0.15, 0.2) is 0 Å². The van der Waals surface area contributed by atoms with Crippen LogP contribution >= 0.6 is 24.0 Å². The Morgan fingerprint density at radius 3 is 2.71 bits per heavy atom. The molecule has 4 heteroatoms. The van der Waals surface area contributed by atoms with Crippen molar-refractivity contribution >= 4 is 24.0 Å². The molecule has 2 nitrogen and oxygen atoms in total. The number of hydrogen-bond acceptors (Lipinski definition) is 2. The van der Waals surface area contributed by atoms with Crippen molar-refractivity contribution in [3.63, 3.8) is 0 Å². The fraction of sp³-hybridized carbons (Fsp3) is 0.538. The number of rotatable bonds is 0. The van der Waals surface area contributed by atoms with Crippen LogP contribution in [-0.2, 0) is 6.42 Å². The maximum Gasteiger partial charge on any atom is 0.141 e. The van der Waals surface area contributed by atoms with Crippen LogP contribution in [0.2, 0.25) is 5.02 Å². The molecule has 0 amide bonds. The summed E-state index contributed by atoms with van der Waals surface area (Å²) in [6.07, 6.45) is 4.41. The van der Waals surface area contributed by atoms with E-state index >= 15 is 0 Å². The van der Waals surface area contributed by atoms with Gasteiger partial charge in [0.1, 0.15) is 11.4 Å². The average molecular weight is 274 g/mol. The molecule has 0 aromatic heterocycles. The van der Waals surface area contributed by atoms with Crippen molar-refractivity contribution in [2.24, 2.45) is 0 Å². The smallest absolute Gasteiger partial charge is 0.141 e. The number of aryl methyl sites for hydroxylation is 1. The zero-order valence-corrected chi connectivity index (χ0v) is 11.2. The molecule has 0 atom stereocenters. The van der Waals surface area contributed by atoms with Crippen molar-refractivity contribution in [1.82, 2.24) is 5.32 Å². The predicted molar refractivity (Wildman–Crippen MR) is 72.5 cm³/mol. The molecule has 0 unspecified atom stereocenters. The Morgan fingerprint density at radius 2 is 1.94 bits per heavy atom. The molecule has 1 saturated heterocycles. The van der Waals surface area contributed by atoms with E-state index in [-0.39, 0.29) is 18.0 Å². The van der Waals surface area contributed by atoms with Crippen molar-refractivity contribution in [3.8, 4) is 5.75 Å². The molecule has 0 aliphatic carbocycles. The molecule has 0 bridgehead atoms. The molecule has 1 fully saturated rings. The van der Waals surface area contributed by atoms with E-state index in [0.29, 0.717) is 0 Å². The third-order valence-corrected chi connectivity index (χ3v) is 4.03. The molecule has 2 aliphatic heterocycles. The summed E-state index contributed by atoms with van der Waals surface area (Å²) in [5.74, 6) is 0.928. The summed E-state index contributed by atoms with van der Waals surface area (Å²) in [7, 11) is 0. The van der Waals surface area contributed by atoms with E-state index < -0.39 is 0 Å². The van der Waals surface area contributed by atoms with Crippen LogP contribution in [0.4, 0.5) is 0 Å². The van der Waals surface area contributed by atoms with E-state index in [1.807, 2.05) is 12.1 Å². The van der Waals surface area contributed by atoms with Gasteiger partial charge in [-0.1, -0.05) is 23.7 Å². The highest BCUT2D eigenvalue weighted by atomic mass is 35.5. The van der Waals surface area contributed by atoms with Crippen molar-refractivity contribution in [1.29, 1.82) is 0 Å². The van der Waals surface area contributed by atoms with E-state index in [1.54, 1.807) is 0 Å². The topological polar surface area (TPSA) is 21.3 Å². The van der Waals surface area contributed by atoms with Crippen LogP contribution in [0.1, 0.15) is 24.8 Å². The molecular weight excluding hydrogens is 257 g/mol. The Morgan fingerprint density at radius 1 is 1.18 bits per heavy atom. The summed E-state index contributed by atoms with van der Waals surface area (Å²) in [5, 5.41) is 4.14. The highest BCUT2D eigenvalue weighted by molar-refractivity contribution is 6.32. The second-order valence-corrected chi connectivity index (χ2v) is 5.17. The number of fused-ring (bicyclic) bond motifs is 1. The van der Waals surface area contributed by atoms with Gasteiger partial charge in [-0.3, -0.25) is 0 Å². The van der Waals surface area contributed by atoms with Gasteiger partial charge in [0, 0.05) is 0 Å². The van der Waals surface area contributed by atoms with Crippen molar-refractivity contribution in [3.05, 3.63) is 28.8 Å². The fourth-order valence-corrected chi connectivity index (χ4v) is 2.96. The number of benzene rings is 1. The maximum atomic E-state index is 6.22. The monoisotopic (exact) mass is 273 g/mol. The van der Waals surface area contributed by atoms with Gasteiger partial charge >= 0.3 is 0 Å². The van der Waals surface area contributed by atoms with E-state index in [9.17, 15) is 0 Å². The van der Waals surface area contributed by atoms with Gasteiger partial charge in [0.05, 0.1) is 5.02 Å². The lowest BCUT2D eigenvalue weighted by molar-refractivity contribution is 0.0171. The van der Waals surface area contributed by atoms with Gasteiger partial charge in [-0.15, -0.1) is 12.4 Å². The average Bonchev–Trinajstić information content (AvgIpc) is 2.32. The summed E-state index contributed by atoms with van der Waals surface area (Å²) in [6.45, 7) is 2.11. The number of halogens is 2. The second-order valence-electron chi connectivity index (χ2n) is 4.76. The number of para-hydroxylation sites is 1. The number of ether oxygens (including phenoxy) is 1. The van der Waals surface area contributed by atoms with E-state index in [0.717, 1.165) is 49.5 Å². The first-order chi connectivity index (χ1) is 7.79. The zero-order chi connectivity index (χ0) is 11.0. The molecule has 17 heavy (non-hydrogen) atoms. The van der Waals surface area contributed by atoms with Gasteiger partial charge in [-0.25, -0.2) is 0 Å². The minimum absolute atomic E-state index is 0. The largest absolute Gasteiger partial charge is 0.485 e. The Labute approximate surface area is 113 Å². The SMILES string of the molecule is Cl.Clc1cccc2c1OC1(CCNCC1)CC2. The molecule has 2 heterocycles. The number of nitrogens with one attached hydrogen (secondary N) is 1. The van der Waals surface area contributed by atoms with E-state index in [4.69, 9.17) is 16.3 Å². The Kier molecular flexibility index (Phi) is 3.86. The maximum absolute atomic E-state index is 6.22. The third kappa shape index (κ3) is 2.40. The second kappa shape index (κ2) is 5.05. The summed E-state index contributed by atoms with van der Waals surface area (Å²) < 4.78 is 6.22. The molecule has 0 radical (unpaired) electrons. The van der Waals surface area contributed by atoms with Crippen molar-refractivity contribution in [2.45, 2.75) is 31.3 Å². The van der Waals surface area contributed by atoms with Crippen LogP contribution in [-0.4, -0.2) is 18.7 Å². The molecule has 0 saturated carbocycles. The van der Waals surface area contributed by atoms with Gasteiger partial charge in [-0.05, 0) is 50.4 Å². The minimum atomic E-state index is 0.